The lowest BCUT2D eigenvalue weighted by molar-refractivity contribution is 0.0316. The number of carbonyl (C=O) groups is 2. The van der Waals surface area contributed by atoms with Crippen molar-refractivity contribution in [3.63, 3.8) is 0 Å². The molecule has 1 N–H and O–H groups in total. The van der Waals surface area contributed by atoms with Gasteiger partial charge in [0.1, 0.15) is 17.1 Å². The van der Waals surface area contributed by atoms with Crippen LogP contribution in [0.15, 0.2) is 42.5 Å². The van der Waals surface area contributed by atoms with Gasteiger partial charge in [0.2, 0.25) is 5.78 Å². The number of para-hydroxylation sites is 1. The second-order valence-electron chi connectivity index (χ2n) is 6.15. The lowest BCUT2D eigenvalue weighted by atomic mass is 10.0. The van der Waals surface area contributed by atoms with Crippen LogP contribution >= 0.6 is 0 Å². The van der Waals surface area contributed by atoms with Crippen molar-refractivity contribution in [3.05, 3.63) is 59.3 Å². The molecule has 0 bridgehead atoms. The van der Waals surface area contributed by atoms with Crippen LogP contribution in [-0.2, 0) is 4.74 Å². The molecular weight excluding hydrogens is 346 g/mol. The maximum absolute atomic E-state index is 12.9. The van der Waals surface area contributed by atoms with Gasteiger partial charge in [0.25, 0.3) is 0 Å². The molecule has 0 radical (unpaired) electrons. The number of methoxy groups -OCH3 is 2. The summed E-state index contributed by atoms with van der Waals surface area (Å²) >= 11 is 0. The lowest BCUT2D eigenvalue weighted by Gasteiger charge is -2.14. The van der Waals surface area contributed by atoms with Crippen molar-refractivity contribution in [2.45, 2.75) is 20.0 Å². The maximum Gasteiger partial charge on any atom is 0.342 e. The number of Topliss-reactive ketones (excluding diaryl/α,β-unsaturated/α-hetero) is 1. The predicted octanol–water partition coefficient (Wildman–Crippen LogP) is 3.92. The van der Waals surface area contributed by atoms with Gasteiger partial charge in [-0.15, -0.1) is 0 Å². The molecule has 3 rings (SSSR count). The number of esters is 1. The van der Waals surface area contributed by atoms with E-state index in [4.69, 9.17) is 14.2 Å². The molecule has 0 aliphatic rings. The normalized spacial score (nSPS) is 11.9. The molecule has 140 valence electrons. The predicted molar refractivity (Wildman–Crippen MR) is 102 cm³/mol. The van der Waals surface area contributed by atoms with Crippen molar-refractivity contribution >= 4 is 22.7 Å². The third-order valence-electron chi connectivity index (χ3n) is 4.42. The highest BCUT2D eigenvalue weighted by Crippen LogP contribution is 2.27. The zero-order valence-electron chi connectivity index (χ0n) is 15.7. The van der Waals surface area contributed by atoms with Crippen molar-refractivity contribution in [3.8, 4) is 11.5 Å². The molecule has 0 amide bonds. The van der Waals surface area contributed by atoms with Crippen molar-refractivity contribution < 1.29 is 23.8 Å². The number of nitrogens with one attached hydrogen (secondary N) is 1. The van der Waals surface area contributed by atoms with Crippen LogP contribution in [0.3, 0.4) is 0 Å². The highest BCUT2D eigenvalue weighted by Gasteiger charge is 2.26. The zero-order chi connectivity index (χ0) is 19.6. The van der Waals surface area contributed by atoms with Crippen LogP contribution in [0.25, 0.3) is 10.9 Å². The summed E-state index contributed by atoms with van der Waals surface area (Å²) in [6.07, 6.45) is -0.942. The fourth-order valence-corrected chi connectivity index (χ4v) is 3.04. The first-order valence-corrected chi connectivity index (χ1v) is 8.50. The Balaban J connectivity index is 1.84. The first-order chi connectivity index (χ1) is 13.0. The van der Waals surface area contributed by atoms with E-state index in [0.29, 0.717) is 17.1 Å². The van der Waals surface area contributed by atoms with E-state index in [1.165, 1.54) is 14.2 Å². The number of benzene rings is 2. The van der Waals surface area contributed by atoms with Gasteiger partial charge in [-0.05, 0) is 32.0 Å². The van der Waals surface area contributed by atoms with Crippen LogP contribution in [0.2, 0.25) is 0 Å². The van der Waals surface area contributed by atoms with Gasteiger partial charge in [0.15, 0.2) is 6.10 Å². The van der Waals surface area contributed by atoms with E-state index in [2.05, 4.69) is 4.98 Å². The van der Waals surface area contributed by atoms with E-state index in [9.17, 15) is 9.59 Å². The Morgan fingerprint density at radius 2 is 1.78 bits per heavy atom. The summed E-state index contributed by atoms with van der Waals surface area (Å²) in [6, 6.07) is 12.3. The van der Waals surface area contributed by atoms with Crippen LogP contribution in [0.4, 0.5) is 0 Å². The van der Waals surface area contributed by atoms with Crippen molar-refractivity contribution in [2.24, 2.45) is 0 Å². The third kappa shape index (κ3) is 3.51. The Kier molecular flexibility index (Phi) is 5.16. The first kappa shape index (κ1) is 18.5. The highest BCUT2D eigenvalue weighted by molar-refractivity contribution is 6.11. The largest absolute Gasteiger partial charge is 0.497 e. The lowest BCUT2D eigenvalue weighted by Crippen LogP contribution is -2.25. The van der Waals surface area contributed by atoms with E-state index in [-0.39, 0.29) is 11.3 Å². The number of hydrogen-bond donors (Lipinski definition) is 1. The minimum atomic E-state index is -0.942. The number of fused-ring (bicyclic) bond motifs is 1. The first-order valence-electron chi connectivity index (χ1n) is 8.50. The fraction of sp³-hybridized carbons (Fsp3) is 0.238. The minimum Gasteiger partial charge on any atom is -0.497 e. The van der Waals surface area contributed by atoms with Gasteiger partial charge >= 0.3 is 5.97 Å². The number of ether oxygens (including phenoxy) is 3. The number of ketones is 1. The molecule has 0 saturated carbocycles. The molecule has 0 fully saturated rings. The monoisotopic (exact) mass is 367 g/mol. The zero-order valence-corrected chi connectivity index (χ0v) is 15.7. The molecule has 1 atom stereocenters. The summed E-state index contributed by atoms with van der Waals surface area (Å²) in [6.45, 7) is 3.39. The Morgan fingerprint density at radius 3 is 2.48 bits per heavy atom. The second-order valence-corrected chi connectivity index (χ2v) is 6.15. The smallest absolute Gasteiger partial charge is 0.342 e. The standard InChI is InChI=1S/C21H21NO5/c1-12-19(15-7-5-6-8-17(15)22-12)20(23)13(2)27-21(24)16-10-9-14(25-3)11-18(16)26-4/h5-11,13,22H,1-4H3/t13-/m0/s1. The van der Waals surface area contributed by atoms with Gasteiger partial charge in [-0.1, -0.05) is 18.2 Å². The molecular formula is C21H21NO5. The Hall–Kier alpha value is -3.28. The van der Waals surface area contributed by atoms with Gasteiger partial charge in [-0.25, -0.2) is 4.79 Å². The highest BCUT2D eigenvalue weighted by atomic mass is 16.5. The minimum absolute atomic E-state index is 0.230. The van der Waals surface area contributed by atoms with E-state index in [1.54, 1.807) is 25.1 Å². The second kappa shape index (κ2) is 7.53. The number of H-pyrrole nitrogens is 1. The molecule has 6 nitrogen and oxygen atoms in total. The molecule has 6 heteroatoms. The summed E-state index contributed by atoms with van der Waals surface area (Å²) in [5.74, 6) is -0.0113. The van der Waals surface area contributed by atoms with Crippen molar-refractivity contribution in [1.82, 2.24) is 4.98 Å². The molecule has 0 spiro atoms. The van der Waals surface area contributed by atoms with E-state index < -0.39 is 12.1 Å². The molecule has 1 heterocycles. The van der Waals surface area contributed by atoms with Crippen LogP contribution in [-0.4, -0.2) is 37.1 Å². The summed E-state index contributed by atoms with van der Waals surface area (Å²) in [5.41, 5.74) is 2.38. The van der Waals surface area contributed by atoms with E-state index in [1.807, 2.05) is 31.2 Å². The average molecular weight is 367 g/mol. The number of aromatic amines is 1. The number of aromatic nitrogens is 1. The van der Waals surface area contributed by atoms with E-state index >= 15 is 0 Å². The Bertz CT molecular complexity index is 1000. The Morgan fingerprint density at radius 1 is 1.04 bits per heavy atom. The maximum atomic E-state index is 12.9. The fourth-order valence-electron chi connectivity index (χ4n) is 3.04. The van der Waals surface area contributed by atoms with Crippen LogP contribution in [0, 0.1) is 6.92 Å². The molecule has 2 aromatic carbocycles. The molecule has 0 unspecified atom stereocenters. The van der Waals surface area contributed by atoms with Crippen LogP contribution in [0.1, 0.15) is 33.3 Å². The molecule has 1 aromatic heterocycles. The molecule has 27 heavy (non-hydrogen) atoms. The summed E-state index contributed by atoms with van der Waals surface area (Å²) in [4.78, 5) is 28.7. The van der Waals surface area contributed by atoms with Gasteiger partial charge in [0, 0.05) is 28.2 Å². The third-order valence-corrected chi connectivity index (χ3v) is 4.42. The van der Waals surface area contributed by atoms with Gasteiger partial charge < -0.3 is 19.2 Å². The SMILES string of the molecule is COc1ccc(C(=O)O[C@@H](C)C(=O)c2c(C)[nH]c3ccccc23)c(OC)c1. The number of aryl methyl sites for hydroxylation is 1. The molecule has 0 saturated heterocycles. The van der Waals surface area contributed by atoms with Gasteiger partial charge in [-0.3, -0.25) is 4.79 Å². The van der Waals surface area contributed by atoms with Crippen molar-refractivity contribution in [1.29, 1.82) is 0 Å². The number of rotatable bonds is 6. The number of carbonyl (C=O) groups excluding carboxylic acids is 2. The number of hydrogen-bond acceptors (Lipinski definition) is 5. The summed E-state index contributed by atoms with van der Waals surface area (Å²) < 4.78 is 15.8. The summed E-state index contributed by atoms with van der Waals surface area (Å²) in [5, 5.41) is 0.810. The Labute approximate surface area is 157 Å². The van der Waals surface area contributed by atoms with Crippen LogP contribution < -0.4 is 9.47 Å². The molecule has 0 aliphatic carbocycles. The summed E-state index contributed by atoms with van der Waals surface area (Å²) in [7, 11) is 2.98. The topological polar surface area (TPSA) is 77.6 Å². The van der Waals surface area contributed by atoms with E-state index in [0.717, 1.165) is 16.6 Å². The van der Waals surface area contributed by atoms with Gasteiger partial charge in [-0.2, -0.15) is 0 Å². The average Bonchev–Trinajstić information content (AvgIpc) is 3.02. The molecule has 3 aromatic rings. The van der Waals surface area contributed by atoms with Crippen molar-refractivity contribution in [2.75, 3.05) is 14.2 Å². The molecule has 0 aliphatic heterocycles. The van der Waals surface area contributed by atoms with Gasteiger partial charge in [0.05, 0.1) is 14.2 Å². The quantitative estimate of drug-likeness (QED) is 0.528. The van der Waals surface area contributed by atoms with Crippen LogP contribution in [0.5, 0.6) is 11.5 Å².